The Bertz CT molecular complexity index is 633. The summed E-state index contributed by atoms with van der Waals surface area (Å²) in [6, 6.07) is 8.24. The van der Waals surface area contributed by atoms with Crippen molar-refractivity contribution in [3.63, 3.8) is 0 Å². The van der Waals surface area contributed by atoms with E-state index in [2.05, 4.69) is 10.3 Å². The number of alkyl halides is 2. The van der Waals surface area contributed by atoms with Crippen LogP contribution >= 0.6 is 11.3 Å². The summed E-state index contributed by atoms with van der Waals surface area (Å²) in [5.41, 5.74) is 0.807. The van der Waals surface area contributed by atoms with Crippen molar-refractivity contribution in [3.05, 3.63) is 52.0 Å². The minimum Gasteiger partial charge on any atom is -0.329 e. The van der Waals surface area contributed by atoms with Crippen molar-refractivity contribution in [2.24, 2.45) is 0 Å². The molecule has 0 aliphatic heterocycles. The standard InChI is InChI=1S/C16H19F2N3OS/c1-11-8-19-15(23-11)12(2)20-16(22)21(10-14(17)18)9-13-6-4-3-5-7-13/h3-8,12,14H,9-10H2,1-2H3,(H,20,22). The van der Waals surface area contributed by atoms with Gasteiger partial charge >= 0.3 is 6.03 Å². The highest BCUT2D eigenvalue weighted by atomic mass is 32.1. The Kier molecular flexibility index (Phi) is 6.04. The third-order valence-corrected chi connectivity index (χ3v) is 4.31. The van der Waals surface area contributed by atoms with E-state index >= 15 is 0 Å². The van der Waals surface area contributed by atoms with Gasteiger partial charge in [-0.2, -0.15) is 0 Å². The van der Waals surface area contributed by atoms with Crippen LogP contribution in [0.25, 0.3) is 0 Å². The van der Waals surface area contributed by atoms with E-state index in [4.69, 9.17) is 0 Å². The molecule has 0 aliphatic rings. The van der Waals surface area contributed by atoms with Gasteiger partial charge < -0.3 is 10.2 Å². The van der Waals surface area contributed by atoms with Crippen LogP contribution in [0.15, 0.2) is 36.5 Å². The average molecular weight is 339 g/mol. The molecule has 0 radical (unpaired) electrons. The van der Waals surface area contributed by atoms with Crippen LogP contribution in [-0.4, -0.2) is 28.9 Å². The zero-order valence-corrected chi connectivity index (χ0v) is 13.8. The van der Waals surface area contributed by atoms with E-state index in [1.807, 2.05) is 25.1 Å². The van der Waals surface area contributed by atoms with E-state index in [9.17, 15) is 13.6 Å². The third kappa shape index (κ3) is 5.28. The molecule has 2 aromatic rings. The van der Waals surface area contributed by atoms with Gasteiger partial charge in [-0.3, -0.25) is 0 Å². The quantitative estimate of drug-likeness (QED) is 0.865. The number of rotatable bonds is 6. The summed E-state index contributed by atoms with van der Waals surface area (Å²) in [7, 11) is 0. The molecule has 1 heterocycles. The first kappa shape index (κ1) is 17.3. The Hall–Kier alpha value is -2.02. The number of aryl methyl sites for hydroxylation is 1. The van der Waals surface area contributed by atoms with Crippen LogP contribution in [0.5, 0.6) is 0 Å². The van der Waals surface area contributed by atoms with Crippen molar-refractivity contribution in [2.45, 2.75) is 32.9 Å². The molecule has 4 nitrogen and oxygen atoms in total. The summed E-state index contributed by atoms with van der Waals surface area (Å²) >= 11 is 1.47. The van der Waals surface area contributed by atoms with E-state index < -0.39 is 19.0 Å². The molecule has 1 atom stereocenters. The topological polar surface area (TPSA) is 45.2 Å². The molecule has 0 saturated carbocycles. The number of amides is 2. The molecule has 124 valence electrons. The Morgan fingerprint density at radius 3 is 2.61 bits per heavy atom. The molecule has 0 aliphatic carbocycles. The minimum absolute atomic E-state index is 0.140. The summed E-state index contributed by atoms with van der Waals surface area (Å²) in [5, 5.41) is 3.49. The molecule has 0 bridgehead atoms. The fourth-order valence-corrected chi connectivity index (χ4v) is 2.88. The molecular weight excluding hydrogens is 320 g/mol. The van der Waals surface area contributed by atoms with Gasteiger partial charge in [0, 0.05) is 17.6 Å². The monoisotopic (exact) mass is 339 g/mol. The number of halogens is 2. The van der Waals surface area contributed by atoms with E-state index in [0.29, 0.717) is 0 Å². The van der Waals surface area contributed by atoms with Crippen LogP contribution in [-0.2, 0) is 6.54 Å². The van der Waals surface area contributed by atoms with Crippen molar-refractivity contribution < 1.29 is 13.6 Å². The lowest BCUT2D eigenvalue weighted by atomic mass is 10.2. The van der Waals surface area contributed by atoms with Crippen molar-refractivity contribution in [3.8, 4) is 0 Å². The van der Waals surface area contributed by atoms with Crippen LogP contribution < -0.4 is 5.32 Å². The zero-order chi connectivity index (χ0) is 16.8. The maximum absolute atomic E-state index is 12.8. The van der Waals surface area contributed by atoms with E-state index in [0.717, 1.165) is 20.3 Å². The Morgan fingerprint density at radius 1 is 1.35 bits per heavy atom. The van der Waals surface area contributed by atoms with Gasteiger partial charge in [0.1, 0.15) is 5.01 Å². The van der Waals surface area contributed by atoms with Crippen LogP contribution in [0.4, 0.5) is 13.6 Å². The second-order valence-electron chi connectivity index (χ2n) is 5.24. The predicted octanol–water partition coefficient (Wildman–Crippen LogP) is 3.99. The number of benzene rings is 1. The predicted molar refractivity (Wildman–Crippen MR) is 86.7 cm³/mol. The zero-order valence-electron chi connectivity index (χ0n) is 13.0. The molecule has 2 rings (SSSR count). The number of nitrogens with zero attached hydrogens (tertiary/aromatic N) is 2. The lowest BCUT2D eigenvalue weighted by molar-refractivity contribution is 0.0949. The van der Waals surface area contributed by atoms with Crippen molar-refractivity contribution in [1.29, 1.82) is 0 Å². The lowest BCUT2D eigenvalue weighted by Gasteiger charge is -2.24. The summed E-state index contributed by atoms with van der Waals surface area (Å²) in [4.78, 5) is 18.7. The van der Waals surface area contributed by atoms with Gasteiger partial charge in [-0.05, 0) is 19.4 Å². The van der Waals surface area contributed by atoms with Gasteiger partial charge in [-0.1, -0.05) is 30.3 Å². The fraction of sp³-hybridized carbons (Fsp3) is 0.375. The number of urea groups is 1. The van der Waals surface area contributed by atoms with Crippen LogP contribution in [0.3, 0.4) is 0 Å². The maximum Gasteiger partial charge on any atom is 0.318 e. The van der Waals surface area contributed by atoms with Crippen LogP contribution in [0.2, 0.25) is 0 Å². The van der Waals surface area contributed by atoms with Crippen LogP contribution in [0, 0.1) is 6.92 Å². The Morgan fingerprint density at radius 2 is 2.04 bits per heavy atom. The molecule has 2 amide bonds. The molecule has 1 aromatic heterocycles. The summed E-state index contributed by atoms with van der Waals surface area (Å²) < 4.78 is 25.6. The average Bonchev–Trinajstić information content (AvgIpc) is 2.94. The number of aromatic nitrogens is 1. The first-order chi connectivity index (χ1) is 11.0. The summed E-state index contributed by atoms with van der Waals surface area (Å²) in [5.74, 6) is 0. The largest absolute Gasteiger partial charge is 0.329 e. The molecule has 23 heavy (non-hydrogen) atoms. The molecule has 1 aromatic carbocycles. The highest BCUT2D eigenvalue weighted by Crippen LogP contribution is 2.19. The first-order valence-corrected chi connectivity index (χ1v) is 8.07. The Balaban J connectivity index is 2.04. The smallest absolute Gasteiger partial charge is 0.318 e. The van der Waals surface area contributed by atoms with Gasteiger partial charge in [-0.25, -0.2) is 18.6 Å². The number of hydrogen-bond donors (Lipinski definition) is 1. The maximum atomic E-state index is 12.8. The van der Waals surface area contributed by atoms with Gasteiger partial charge in [-0.15, -0.1) is 11.3 Å². The molecule has 1 unspecified atom stereocenters. The summed E-state index contributed by atoms with van der Waals surface area (Å²) in [6.07, 6.45) is -0.856. The molecule has 0 fully saturated rings. The number of carbonyl (C=O) groups is 1. The summed E-state index contributed by atoms with van der Waals surface area (Å²) in [6.45, 7) is 3.25. The molecular formula is C16H19F2N3OS. The number of thiazole rings is 1. The van der Waals surface area contributed by atoms with E-state index in [-0.39, 0.29) is 12.6 Å². The third-order valence-electron chi connectivity index (χ3n) is 3.21. The van der Waals surface area contributed by atoms with Gasteiger partial charge in [0.2, 0.25) is 0 Å². The lowest BCUT2D eigenvalue weighted by Crippen LogP contribution is -2.42. The normalized spacial score (nSPS) is 12.2. The van der Waals surface area contributed by atoms with Gasteiger partial charge in [0.25, 0.3) is 6.43 Å². The highest BCUT2D eigenvalue weighted by molar-refractivity contribution is 7.11. The first-order valence-electron chi connectivity index (χ1n) is 7.25. The number of hydrogen-bond acceptors (Lipinski definition) is 3. The van der Waals surface area contributed by atoms with Crippen LogP contribution in [0.1, 0.15) is 28.4 Å². The van der Waals surface area contributed by atoms with E-state index in [1.54, 1.807) is 25.3 Å². The van der Waals surface area contributed by atoms with Gasteiger partial charge in [0.15, 0.2) is 0 Å². The van der Waals surface area contributed by atoms with Crippen molar-refractivity contribution >= 4 is 17.4 Å². The van der Waals surface area contributed by atoms with Gasteiger partial charge in [0.05, 0.1) is 12.6 Å². The Labute approximate surface area is 138 Å². The number of nitrogens with one attached hydrogen (secondary N) is 1. The minimum atomic E-state index is -2.58. The highest BCUT2D eigenvalue weighted by Gasteiger charge is 2.21. The second kappa shape index (κ2) is 8.01. The van der Waals surface area contributed by atoms with E-state index in [1.165, 1.54) is 11.3 Å². The fourth-order valence-electron chi connectivity index (χ4n) is 2.10. The number of carbonyl (C=O) groups excluding carboxylic acids is 1. The molecule has 1 N–H and O–H groups in total. The molecule has 0 saturated heterocycles. The molecule has 0 spiro atoms. The van der Waals surface area contributed by atoms with Crippen molar-refractivity contribution in [2.75, 3.05) is 6.54 Å². The molecule has 7 heteroatoms. The van der Waals surface area contributed by atoms with Crippen molar-refractivity contribution in [1.82, 2.24) is 15.2 Å². The SMILES string of the molecule is Cc1cnc(C(C)NC(=O)N(Cc2ccccc2)CC(F)F)s1. The second-order valence-corrected chi connectivity index (χ2v) is 6.50.